The number of aliphatic hydroxyl groups is 1. The third-order valence-electron chi connectivity index (χ3n) is 7.05. The second-order valence-corrected chi connectivity index (χ2v) is 10.2. The van der Waals surface area contributed by atoms with E-state index in [1.807, 2.05) is 11.8 Å². The summed E-state index contributed by atoms with van der Waals surface area (Å²) in [6, 6.07) is 17.5. The monoisotopic (exact) mass is 439 g/mol. The SMILES string of the molecule is CCCCCCNc1ccc2c(c1)C(c1ccccc1)C(O)C(CC)(CCCC)CS2. The molecule has 170 valence electrons. The van der Waals surface area contributed by atoms with Crippen LogP contribution < -0.4 is 5.32 Å². The third-order valence-corrected chi connectivity index (χ3v) is 8.46. The first-order valence-electron chi connectivity index (χ1n) is 12.4. The van der Waals surface area contributed by atoms with E-state index in [1.54, 1.807) is 0 Å². The predicted molar refractivity (Wildman–Crippen MR) is 136 cm³/mol. The normalized spacial score (nSPS) is 23.2. The molecule has 0 aromatic heterocycles. The number of unbranched alkanes of at least 4 members (excludes halogenated alkanes) is 4. The van der Waals surface area contributed by atoms with Crippen LogP contribution in [0.5, 0.6) is 0 Å². The molecular weight excluding hydrogens is 398 g/mol. The van der Waals surface area contributed by atoms with E-state index in [1.165, 1.54) is 60.2 Å². The number of rotatable bonds is 11. The minimum Gasteiger partial charge on any atom is -0.392 e. The summed E-state index contributed by atoms with van der Waals surface area (Å²) in [7, 11) is 0. The Morgan fingerprint density at radius 1 is 0.968 bits per heavy atom. The predicted octanol–water partition coefficient (Wildman–Crippen LogP) is 7.86. The molecule has 3 atom stereocenters. The first-order valence-corrected chi connectivity index (χ1v) is 13.4. The summed E-state index contributed by atoms with van der Waals surface area (Å²) >= 11 is 1.95. The van der Waals surface area contributed by atoms with Crippen molar-refractivity contribution in [2.75, 3.05) is 17.6 Å². The maximum atomic E-state index is 11.9. The van der Waals surface area contributed by atoms with Crippen molar-refractivity contribution in [2.45, 2.75) is 89.1 Å². The molecule has 3 unspecified atom stereocenters. The van der Waals surface area contributed by atoms with Gasteiger partial charge >= 0.3 is 0 Å². The Bertz CT molecular complexity index is 793. The average Bonchev–Trinajstić information content (AvgIpc) is 2.92. The molecule has 0 radical (unpaired) electrons. The van der Waals surface area contributed by atoms with Crippen LogP contribution in [0.15, 0.2) is 53.4 Å². The lowest BCUT2D eigenvalue weighted by Gasteiger charge is -2.39. The van der Waals surface area contributed by atoms with Crippen LogP contribution in [-0.2, 0) is 0 Å². The summed E-state index contributed by atoms with van der Waals surface area (Å²) in [6.07, 6.45) is 9.15. The summed E-state index contributed by atoms with van der Waals surface area (Å²) in [5.41, 5.74) is 3.65. The quantitative estimate of drug-likeness (QED) is 0.349. The molecule has 31 heavy (non-hydrogen) atoms. The molecule has 0 fully saturated rings. The van der Waals surface area contributed by atoms with E-state index in [9.17, 15) is 5.11 Å². The van der Waals surface area contributed by atoms with E-state index < -0.39 is 0 Å². The van der Waals surface area contributed by atoms with E-state index in [0.717, 1.165) is 25.1 Å². The first-order chi connectivity index (χ1) is 15.1. The van der Waals surface area contributed by atoms with Crippen molar-refractivity contribution in [1.82, 2.24) is 0 Å². The van der Waals surface area contributed by atoms with E-state index >= 15 is 0 Å². The zero-order valence-corrected chi connectivity index (χ0v) is 20.5. The molecular formula is C28H41NOS. The van der Waals surface area contributed by atoms with E-state index in [0.29, 0.717) is 0 Å². The Morgan fingerprint density at radius 2 is 1.74 bits per heavy atom. The minimum absolute atomic E-state index is 0.0184. The Morgan fingerprint density at radius 3 is 2.45 bits per heavy atom. The van der Waals surface area contributed by atoms with Gasteiger partial charge in [0.05, 0.1) is 6.10 Å². The topological polar surface area (TPSA) is 32.3 Å². The van der Waals surface area contributed by atoms with Gasteiger partial charge in [0.25, 0.3) is 0 Å². The largest absolute Gasteiger partial charge is 0.392 e. The van der Waals surface area contributed by atoms with Crippen molar-refractivity contribution >= 4 is 17.4 Å². The highest BCUT2D eigenvalue weighted by atomic mass is 32.2. The lowest BCUT2D eigenvalue weighted by molar-refractivity contribution is 0.0182. The average molecular weight is 440 g/mol. The molecule has 2 aromatic rings. The van der Waals surface area contributed by atoms with Gasteiger partial charge in [0.2, 0.25) is 0 Å². The molecule has 0 saturated carbocycles. The van der Waals surface area contributed by atoms with Crippen LogP contribution in [0.1, 0.15) is 89.2 Å². The van der Waals surface area contributed by atoms with Crippen LogP contribution in [0, 0.1) is 5.41 Å². The summed E-state index contributed by atoms with van der Waals surface area (Å²) in [5, 5.41) is 15.6. The van der Waals surface area contributed by atoms with Crippen LogP contribution in [-0.4, -0.2) is 23.5 Å². The van der Waals surface area contributed by atoms with Crippen LogP contribution in [0.25, 0.3) is 0 Å². The smallest absolute Gasteiger partial charge is 0.0713 e. The van der Waals surface area contributed by atoms with Crippen molar-refractivity contribution in [3.8, 4) is 0 Å². The Kier molecular flexibility index (Phi) is 9.34. The second kappa shape index (κ2) is 12.0. The Hall–Kier alpha value is -1.45. The highest BCUT2D eigenvalue weighted by Gasteiger charge is 2.44. The molecule has 0 aliphatic carbocycles. The zero-order chi connectivity index (χ0) is 22.1. The number of hydrogen-bond donors (Lipinski definition) is 2. The molecule has 0 spiro atoms. The number of aliphatic hydroxyl groups excluding tert-OH is 1. The minimum atomic E-state index is -0.375. The fourth-order valence-corrected chi connectivity index (χ4v) is 6.39. The lowest BCUT2D eigenvalue weighted by Crippen LogP contribution is -2.40. The van der Waals surface area contributed by atoms with Crippen molar-refractivity contribution in [3.05, 3.63) is 59.7 Å². The maximum absolute atomic E-state index is 11.9. The Balaban J connectivity index is 1.94. The van der Waals surface area contributed by atoms with Crippen LogP contribution >= 0.6 is 11.8 Å². The molecule has 0 amide bonds. The van der Waals surface area contributed by atoms with Crippen molar-refractivity contribution in [1.29, 1.82) is 0 Å². The highest BCUT2D eigenvalue weighted by molar-refractivity contribution is 7.99. The van der Waals surface area contributed by atoms with Crippen LogP contribution in [0.4, 0.5) is 5.69 Å². The van der Waals surface area contributed by atoms with E-state index in [-0.39, 0.29) is 17.4 Å². The van der Waals surface area contributed by atoms with Gasteiger partial charge in [-0.05, 0) is 48.6 Å². The molecule has 2 aromatic carbocycles. The number of hydrogen-bond acceptors (Lipinski definition) is 3. The van der Waals surface area contributed by atoms with Crippen molar-refractivity contribution < 1.29 is 5.11 Å². The maximum Gasteiger partial charge on any atom is 0.0713 e. The third kappa shape index (κ3) is 5.87. The van der Waals surface area contributed by atoms with Gasteiger partial charge in [0.1, 0.15) is 0 Å². The molecule has 0 saturated heterocycles. The molecule has 0 bridgehead atoms. The summed E-state index contributed by atoms with van der Waals surface area (Å²) in [5.74, 6) is 1.01. The highest BCUT2D eigenvalue weighted by Crippen LogP contribution is 2.51. The summed E-state index contributed by atoms with van der Waals surface area (Å²) in [6.45, 7) is 7.78. The summed E-state index contributed by atoms with van der Waals surface area (Å²) in [4.78, 5) is 1.33. The number of benzene rings is 2. The van der Waals surface area contributed by atoms with Gasteiger partial charge in [-0.1, -0.05) is 83.2 Å². The Labute approximate surface area is 194 Å². The first kappa shape index (κ1) is 24.2. The van der Waals surface area contributed by atoms with Crippen LogP contribution in [0.2, 0.25) is 0 Å². The van der Waals surface area contributed by atoms with Gasteiger partial charge in [-0.3, -0.25) is 0 Å². The van der Waals surface area contributed by atoms with Gasteiger partial charge in [-0.2, -0.15) is 0 Å². The second-order valence-electron chi connectivity index (χ2n) is 9.18. The van der Waals surface area contributed by atoms with Gasteiger partial charge in [-0.15, -0.1) is 11.8 Å². The van der Waals surface area contributed by atoms with Gasteiger partial charge in [0.15, 0.2) is 0 Å². The van der Waals surface area contributed by atoms with E-state index in [4.69, 9.17) is 0 Å². The fraction of sp³-hybridized carbons (Fsp3) is 0.571. The number of fused-ring (bicyclic) bond motifs is 1. The number of nitrogens with one attached hydrogen (secondary N) is 1. The van der Waals surface area contributed by atoms with Crippen molar-refractivity contribution in [2.24, 2.45) is 5.41 Å². The number of thioether (sulfide) groups is 1. The molecule has 1 heterocycles. The van der Waals surface area contributed by atoms with Gasteiger partial charge in [-0.25, -0.2) is 0 Å². The number of anilines is 1. The molecule has 1 aliphatic heterocycles. The van der Waals surface area contributed by atoms with Gasteiger partial charge in [0, 0.05) is 34.2 Å². The van der Waals surface area contributed by atoms with Crippen molar-refractivity contribution in [3.63, 3.8) is 0 Å². The standard InChI is InChI=1S/C28H41NOS/c1-4-7-9-13-19-29-23-16-17-25-24(20-23)26(22-14-11-10-12-15-22)27(30)28(6-3,21-31-25)18-8-5-2/h10-12,14-17,20,26-27,29-30H,4-9,13,18-19,21H2,1-3H3. The molecule has 2 N–H and O–H groups in total. The van der Waals surface area contributed by atoms with Crippen LogP contribution in [0.3, 0.4) is 0 Å². The fourth-order valence-electron chi connectivity index (χ4n) is 4.91. The molecule has 3 rings (SSSR count). The summed E-state index contributed by atoms with van der Waals surface area (Å²) < 4.78 is 0. The lowest BCUT2D eigenvalue weighted by atomic mass is 9.69. The van der Waals surface area contributed by atoms with Gasteiger partial charge < -0.3 is 10.4 Å². The molecule has 3 heteroatoms. The molecule has 1 aliphatic rings. The van der Waals surface area contributed by atoms with E-state index in [2.05, 4.69) is 74.6 Å². The molecule has 2 nitrogen and oxygen atoms in total. The zero-order valence-electron chi connectivity index (χ0n) is 19.7.